The van der Waals surface area contributed by atoms with E-state index in [1.807, 2.05) is 6.92 Å². The highest BCUT2D eigenvalue weighted by molar-refractivity contribution is 7.18. The van der Waals surface area contributed by atoms with Crippen molar-refractivity contribution in [2.75, 3.05) is 43.7 Å². The standard InChI is InChI=1S/C21H24ClN3O5S/c1-13-11-14(3-4-16(13)25-8-10-30-12-19(25)26)23-20(27)15(7-9-29-2)24-21(28)17-5-6-18(22)31-17/h3-6,11,15H,7-10,12H2,1-2H3,(H,23,27)(H,24,28)/t15-/m0/s1. The largest absolute Gasteiger partial charge is 0.385 e. The molecule has 2 N–H and O–H groups in total. The van der Waals surface area contributed by atoms with Gasteiger partial charge in [0.1, 0.15) is 12.6 Å². The number of ether oxygens (including phenoxy) is 2. The monoisotopic (exact) mass is 465 g/mol. The summed E-state index contributed by atoms with van der Waals surface area (Å²) in [4.78, 5) is 39.5. The lowest BCUT2D eigenvalue weighted by atomic mass is 10.1. The Morgan fingerprint density at radius 3 is 2.77 bits per heavy atom. The summed E-state index contributed by atoms with van der Waals surface area (Å²) in [5.74, 6) is -0.824. The van der Waals surface area contributed by atoms with Gasteiger partial charge in [0, 0.05) is 31.6 Å². The summed E-state index contributed by atoms with van der Waals surface area (Å²) in [6, 6.07) is 7.79. The number of hydrogen-bond acceptors (Lipinski definition) is 6. The minimum Gasteiger partial charge on any atom is -0.385 e. The zero-order valence-corrected chi connectivity index (χ0v) is 18.8. The molecule has 8 nitrogen and oxygen atoms in total. The maximum absolute atomic E-state index is 12.9. The van der Waals surface area contributed by atoms with Gasteiger partial charge in [0.2, 0.25) is 5.91 Å². The number of carbonyl (C=O) groups excluding carboxylic acids is 3. The number of carbonyl (C=O) groups is 3. The average molecular weight is 466 g/mol. The van der Waals surface area contributed by atoms with Crippen molar-refractivity contribution in [3.05, 3.63) is 45.1 Å². The fourth-order valence-corrected chi connectivity index (χ4v) is 4.15. The second-order valence-corrected chi connectivity index (χ2v) is 8.71. The van der Waals surface area contributed by atoms with Crippen LogP contribution in [0.1, 0.15) is 21.7 Å². The van der Waals surface area contributed by atoms with Gasteiger partial charge in [0.15, 0.2) is 0 Å². The Morgan fingerprint density at radius 2 is 2.13 bits per heavy atom. The first kappa shape index (κ1) is 23.2. The van der Waals surface area contributed by atoms with Crippen LogP contribution in [0.4, 0.5) is 11.4 Å². The van der Waals surface area contributed by atoms with Crippen molar-refractivity contribution in [2.45, 2.75) is 19.4 Å². The van der Waals surface area contributed by atoms with Gasteiger partial charge in [0.05, 0.1) is 15.8 Å². The van der Waals surface area contributed by atoms with Crippen molar-refractivity contribution in [3.63, 3.8) is 0 Å². The van der Waals surface area contributed by atoms with Crippen LogP contribution >= 0.6 is 22.9 Å². The molecular formula is C21H24ClN3O5S. The molecule has 0 saturated carbocycles. The Balaban J connectivity index is 1.69. The van der Waals surface area contributed by atoms with Crippen molar-refractivity contribution < 1.29 is 23.9 Å². The SMILES string of the molecule is COCC[C@H](NC(=O)c1ccc(Cl)s1)C(=O)Nc1ccc(N2CCOCC2=O)c(C)c1. The summed E-state index contributed by atoms with van der Waals surface area (Å²) in [5, 5.41) is 5.57. The number of nitrogens with zero attached hydrogens (tertiary/aromatic N) is 1. The molecule has 1 saturated heterocycles. The van der Waals surface area contributed by atoms with Crippen LogP contribution in [0.2, 0.25) is 4.34 Å². The van der Waals surface area contributed by atoms with Gasteiger partial charge in [-0.05, 0) is 49.2 Å². The maximum Gasteiger partial charge on any atom is 0.262 e. The molecule has 10 heteroatoms. The topological polar surface area (TPSA) is 97.0 Å². The highest BCUT2D eigenvalue weighted by Gasteiger charge is 2.24. The number of rotatable bonds is 8. The third kappa shape index (κ3) is 6.04. The second-order valence-electron chi connectivity index (χ2n) is 7.00. The molecule has 1 aliphatic rings. The van der Waals surface area contributed by atoms with E-state index in [2.05, 4.69) is 10.6 Å². The quantitative estimate of drug-likeness (QED) is 0.624. The number of nitrogens with one attached hydrogen (secondary N) is 2. The summed E-state index contributed by atoms with van der Waals surface area (Å²) in [6.07, 6.45) is 0.312. The summed E-state index contributed by atoms with van der Waals surface area (Å²) < 4.78 is 10.7. The van der Waals surface area contributed by atoms with Crippen LogP contribution in [-0.4, -0.2) is 57.2 Å². The number of methoxy groups -OCH3 is 1. The van der Waals surface area contributed by atoms with Crippen LogP contribution < -0.4 is 15.5 Å². The first-order valence-corrected chi connectivity index (χ1v) is 10.9. The Labute approximate surface area is 189 Å². The molecule has 0 spiro atoms. The average Bonchev–Trinajstić information content (AvgIpc) is 3.18. The van der Waals surface area contributed by atoms with E-state index < -0.39 is 6.04 Å². The molecule has 2 heterocycles. The third-order valence-electron chi connectivity index (χ3n) is 4.77. The molecule has 1 aliphatic heterocycles. The van der Waals surface area contributed by atoms with Gasteiger partial charge in [-0.1, -0.05) is 11.6 Å². The molecule has 1 aromatic heterocycles. The lowest BCUT2D eigenvalue weighted by molar-refractivity contribution is -0.125. The van der Waals surface area contributed by atoms with E-state index in [1.54, 1.807) is 35.2 Å². The first-order chi connectivity index (χ1) is 14.9. The van der Waals surface area contributed by atoms with E-state index in [0.29, 0.717) is 41.1 Å². The molecule has 2 aromatic rings. The zero-order chi connectivity index (χ0) is 22.4. The van der Waals surface area contributed by atoms with E-state index in [0.717, 1.165) is 22.6 Å². The summed E-state index contributed by atoms with van der Waals surface area (Å²) in [7, 11) is 1.53. The van der Waals surface area contributed by atoms with Gasteiger partial charge in [-0.2, -0.15) is 0 Å². The summed E-state index contributed by atoms with van der Waals surface area (Å²) in [5.41, 5.74) is 2.20. The second kappa shape index (κ2) is 10.7. The van der Waals surface area contributed by atoms with E-state index in [9.17, 15) is 14.4 Å². The molecule has 1 aromatic carbocycles. The fraction of sp³-hybridized carbons (Fsp3) is 0.381. The first-order valence-electron chi connectivity index (χ1n) is 9.74. The minimum absolute atomic E-state index is 0.0637. The summed E-state index contributed by atoms with van der Waals surface area (Å²) in [6.45, 7) is 3.22. The minimum atomic E-state index is -0.783. The van der Waals surface area contributed by atoms with Gasteiger partial charge in [-0.15, -0.1) is 11.3 Å². The van der Waals surface area contributed by atoms with Crippen LogP contribution in [0.25, 0.3) is 0 Å². The van der Waals surface area contributed by atoms with Gasteiger partial charge >= 0.3 is 0 Å². The number of anilines is 2. The Kier molecular flexibility index (Phi) is 8.03. The molecule has 3 rings (SSSR count). The number of amides is 3. The third-order valence-corrected chi connectivity index (χ3v) is 6.00. The van der Waals surface area contributed by atoms with E-state index in [1.165, 1.54) is 7.11 Å². The molecule has 1 fully saturated rings. The molecule has 0 bridgehead atoms. The van der Waals surface area contributed by atoms with Gasteiger partial charge in [0.25, 0.3) is 11.8 Å². The highest BCUT2D eigenvalue weighted by Crippen LogP contribution is 2.25. The summed E-state index contributed by atoms with van der Waals surface area (Å²) >= 11 is 7.04. The smallest absolute Gasteiger partial charge is 0.262 e. The molecule has 0 radical (unpaired) electrons. The predicted molar refractivity (Wildman–Crippen MR) is 120 cm³/mol. The predicted octanol–water partition coefficient (Wildman–Crippen LogP) is 2.85. The molecule has 0 aliphatic carbocycles. The maximum atomic E-state index is 12.9. The van der Waals surface area contributed by atoms with E-state index >= 15 is 0 Å². The lowest BCUT2D eigenvalue weighted by Crippen LogP contribution is -2.44. The van der Waals surface area contributed by atoms with Gasteiger partial charge in [-0.3, -0.25) is 14.4 Å². The van der Waals surface area contributed by atoms with Crippen LogP contribution in [0.15, 0.2) is 30.3 Å². The van der Waals surface area contributed by atoms with Gasteiger partial charge < -0.3 is 25.0 Å². The van der Waals surface area contributed by atoms with Crippen molar-refractivity contribution in [1.29, 1.82) is 0 Å². The van der Waals surface area contributed by atoms with E-state index in [4.69, 9.17) is 21.1 Å². The normalized spacial score (nSPS) is 14.9. The Bertz CT molecular complexity index is 964. The number of benzene rings is 1. The number of aryl methyl sites for hydroxylation is 1. The number of thiophene rings is 1. The number of halogens is 1. The van der Waals surface area contributed by atoms with Crippen molar-refractivity contribution >= 4 is 52.0 Å². The number of hydrogen-bond donors (Lipinski definition) is 2. The molecule has 0 unspecified atom stereocenters. The molecule has 166 valence electrons. The highest BCUT2D eigenvalue weighted by atomic mass is 35.5. The number of morpholine rings is 1. The lowest BCUT2D eigenvalue weighted by Gasteiger charge is -2.28. The van der Waals surface area contributed by atoms with Gasteiger partial charge in [-0.25, -0.2) is 0 Å². The molecule has 31 heavy (non-hydrogen) atoms. The fourth-order valence-electron chi connectivity index (χ4n) is 3.21. The zero-order valence-electron chi connectivity index (χ0n) is 17.3. The van der Waals surface area contributed by atoms with Crippen LogP contribution in [0.3, 0.4) is 0 Å². The van der Waals surface area contributed by atoms with Crippen LogP contribution in [-0.2, 0) is 19.1 Å². The van der Waals surface area contributed by atoms with E-state index in [-0.39, 0.29) is 24.3 Å². The molecular weight excluding hydrogens is 442 g/mol. The molecule has 3 amide bonds. The Morgan fingerprint density at radius 1 is 1.32 bits per heavy atom. The van der Waals surface area contributed by atoms with Crippen LogP contribution in [0.5, 0.6) is 0 Å². The Hall–Kier alpha value is -2.46. The van der Waals surface area contributed by atoms with Crippen LogP contribution in [0, 0.1) is 6.92 Å². The van der Waals surface area contributed by atoms with Crippen molar-refractivity contribution in [1.82, 2.24) is 5.32 Å². The molecule has 1 atom stereocenters. The van der Waals surface area contributed by atoms with Crippen molar-refractivity contribution in [3.8, 4) is 0 Å². The van der Waals surface area contributed by atoms with Crippen molar-refractivity contribution in [2.24, 2.45) is 0 Å².